The van der Waals surface area contributed by atoms with Crippen molar-refractivity contribution in [3.63, 3.8) is 0 Å². The quantitative estimate of drug-likeness (QED) is 0.614. The Kier molecular flexibility index (Phi) is 7.91. The van der Waals surface area contributed by atoms with Crippen LogP contribution < -0.4 is 21.3 Å². The third-order valence-corrected chi connectivity index (χ3v) is 4.36. The molecule has 8 heteroatoms. The highest BCUT2D eigenvalue weighted by molar-refractivity contribution is 5.92. The van der Waals surface area contributed by atoms with Gasteiger partial charge in [0, 0.05) is 37.6 Å². The summed E-state index contributed by atoms with van der Waals surface area (Å²) in [5.74, 6) is -0.149. The lowest BCUT2D eigenvalue weighted by Gasteiger charge is -2.32. The topological polar surface area (TPSA) is 103 Å². The van der Waals surface area contributed by atoms with Gasteiger partial charge in [-0.3, -0.25) is 4.79 Å². The average molecular weight is 375 g/mol. The van der Waals surface area contributed by atoms with Gasteiger partial charge in [0.25, 0.3) is 0 Å². The van der Waals surface area contributed by atoms with Crippen LogP contribution in [0.3, 0.4) is 0 Å². The molecule has 1 aliphatic heterocycles. The molecule has 1 saturated heterocycles. The number of urea groups is 2. The maximum atomic E-state index is 12.5. The molecule has 1 atom stereocenters. The van der Waals surface area contributed by atoms with Crippen LogP contribution in [-0.4, -0.2) is 49.0 Å². The summed E-state index contributed by atoms with van der Waals surface area (Å²) in [5.41, 5.74) is 1.29. The van der Waals surface area contributed by atoms with Crippen LogP contribution in [0.2, 0.25) is 0 Å². The van der Waals surface area contributed by atoms with Crippen molar-refractivity contribution in [2.75, 3.05) is 36.8 Å². The Hall–Kier alpha value is -2.77. The summed E-state index contributed by atoms with van der Waals surface area (Å²) in [4.78, 5) is 37.8. The Balaban J connectivity index is 1.86. The van der Waals surface area contributed by atoms with Crippen molar-refractivity contribution >= 4 is 29.3 Å². The number of benzene rings is 1. The molecule has 1 heterocycles. The van der Waals surface area contributed by atoms with E-state index in [1.54, 1.807) is 29.2 Å². The van der Waals surface area contributed by atoms with Crippen LogP contribution in [-0.2, 0) is 4.79 Å². The van der Waals surface area contributed by atoms with E-state index in [9.17, 15) is 14.4 Å². The third-order valence-electron chi connectivity index (χ3n) is 4.36. The van der Waals surface area contributed by atoms with Crippen molar-refractivity contribution in [2.24, 2.45) is 5.92 Å². The summed E-state index contributed by atoms with van der Waals surface area (Å²) >= 11 is 0. The van der Waals surface area contributed by atoms with Gasteiger partial charge in [-0.1, -0.05) is 6.92 Å². The van der Waals surface area contributed by atoms with E-state index in [4.69, 9.17) is 0 Å². The molecule has 0 saturated carbocycles. The van der Waals surface area contributed by atoms with Crippen molar-refractivity contribution in [1.29, 1.82) is 0 Å². The first kappa shape index (κ1) is 20.5. The molecule has 2 rings (SSSR count). The number of nitrogens with one attached hydrogen (secondary N) is 4. The molecule has 0 radical (unpaired) electrons. The van der Waals surface area contributed by atoms with Gasteiger partial charge < -0.3 is 26.2 Å². The Labute approximate surface area is 160 Å². The number of hydrogen-bond donors (Lipinski definition) is 4. The first-order valence-electron chi connectivity index (χ1n) is 9.52. The van der Waals surface area contributed by atoms with Gasteiger partial charge in [0.15, 0.2) is 0 Å². The van der Waals surface area contributed by atoms with E-state index in [0.717, 1.165) is 19.3 Å². The monoisotopic (exact) mass is 375 g/mol. The van der Waals surface area contributed by atoms with Crippen LogP contribution >= 0.6 is 0 Å². The fraction of sp³-hybridized carbons (Fsp3) is 0.526. The molecule has 8 nitrogen and oxygen atoms in total. The number of likely N-dealkylation sites (tertiary alicyclic amines) is 1. The van der Waals surface area contributed by atoms with Crippen LogP contribution in [0.5, 0.6) is 0 Å². The predicted octanol–water partition coefficient (Wildman–Crippen LogP) is 2.60. The summed E-state index contributed by atoms with van der Waals surface area (Å²) in [6.07, 6.45) is 2.48. The van der Waals surface area contributed by atoms with Crippen LogP contribution in [0.15, 0.2) is 24.3 Å². The van der Waals surface area contributed by atoms with Crippen molar-refractivity contribution in [2.45, 2.75) is 33.1 Å². The lowest BCUT2D eigenvalue weighted by molar-refractivity contribution is -0.126. The number of carbonyl (C=O) groups excluding carboxylic acids is 3. The van der Waals surface area contributed by atoms with Crippen LogP contribution in [0.25, 0.3) is 0 Å². The molecule has 1 aromatic carbocycles. The molecule has 148 valence electrons. The van der Waals surface area contributed by atoms with Gasteiger partial charge in [-0.15, -0.1) is 0 Å². The second kappa shape index (κ2) is 10.4. The molecule has 0 unspecified atom stereocenters. The van der Waals surface area contributed by atoms with Gasteiger partial charge in [0.1, 0.15) is 0 Å². The Morgan fingerprint density at radius 1 is 1.04 bits per heavy atom. The normalized spacial score (nSPS) is 16.4. The second-order valence-electron chi connectivity index (χ2n) is 6.57. The molecule has 0 bridgehead atoms. The number of amides is 5. The zero-order chi connectivity index (χ0) is 19.6. The van der Waals surface area contributed by atoms with Gasteiger partial charge in [-0.25, -0.2) is 9.59 Å². The zero-order valence-corrected chi connectivity index (χ0v) is 16.0. The van der Waals surface area contributed by atoms with Gasteiger partial charge >= 0.3 is 12.1 Å². The fourth-order valence-corrected chi connectivity index (χ4v) is 2.95. The van der Waals surface area contributed by atoms with Gasteiger partial charge in [0.05, 0.1) is 5.92 Å². The molecule has 5 amide bonds. The standard InChI is InChI=1S/C19H29N5O3/c1-3-11-21-18(26)22-15-7-9-16(10-8-15)23-19(27)24-12-5-6-14(13-24)17(25)20-4-2/h7-10,14H,3-6,11-13H2,1-2H3,(H,20,25)(H,23,27)(H2,21,22,26)/t14-/m1/s1. The molecule has 0 aliphatic carbocycles. The minimum Gasteiger partial charge on any atom is -0.356 e. The number of hydrogen-bond acceptors (Lipinski definition) is 3. The second-order valence-corrected chi connectivity index (χ2v) is 6.57. The average Bonchev–Trinajstić information content (AvgIpc) is 2.68. The van der Waals surface area contributed by atoms with E-state index in [1.165, 1.54) is 0 Å². The van der Waals surface area contributed by atoms with Crippen molar-refractivity contribution < 1.29 is 14.4 Å². The Morgan fingerprint density at radius 3 is 2.33 bits per heavy atom. The lowest BCUT2D eigenvalue weighted by Crippen LogP contribution is -2.46. The molecule has 27 heavy (non-hydrogen) atoms. The molecular weight excluding hydrogens is 346 g/mol. The predicted molar refractivity (Wildman–Crippen MR) is 106 cm³/mol. The maximum absolute atomic E-state index is 12.5. The smallest absolute Gasteiger partial charge is 0.321 e. The largest absolute Gasteiger partial charge is 0.356 e. The van der Waals surface area contributed by atoms with E-state index in [-0.39, 0.29) is 23.9 Å². The third kappa shape index (κ3) is 6.47. The van der Waals surface area contributed by atoms with Crippen molar-refractivity contribution in [3.8, 4) is 0 Å². The molecule has 4 N–H and O–H groups in total. The van der Waals surface area contributed by atoms with Gasteiger partial charge in [0.2, 0.25) is 5.91 Å². The van der Waals surface area contributed by atoms with Crippen LogP contribution in [0.1, 0.15) is 33.1 Å². The SMILES string of the molecule is CCCNC(=O)Nc1ccc(NC(=O)N2CCC[C@@H](C(=O)NCC)C2)cc1. The first-order valence-corrected chi connectivity index (χ1v) is 9.52. The highest BCUT2D eigenvalue weighted by Gasteiger charge is 2.28. The van der Waals surface area contributed by atoms with Crippen LogP contribution in [0, 0.1) is 5.92 Å². The number of piperidine rings is 1. The van der Waals surface area contributed by atoms with Crippen molar-refractivity contribution in [1.82, 2.24) is 15.5 Å². The van der Waals surface area contributed by atoms with Crippen LogP contribution in [0.4, 0.5) is 21.0 Å². The highest BCUT2D eigenvalue weighted by Crippen LogP contribution is 2.19. The molecule has 0 spiro atoms. The Morgan fingerprint density at radius 2 is 1.70 bits per heavy atom. The summed E-state index contributed by atoms with van der Waals surface area (Å²) in [5, 5.41) is 11.1. The molecule has 1 aliphatic rings. The first-order chi connectivity index (χ1) is 13.0. The van der Waals surface area contributed by atoms with E-state index in [1.807, 2.05) is 13.8 Å². The number of rotatable bonds is 6. The minimum absolute atomic E-state index is 0.00627. The van der Waals surface area contributed by atoms with Gasteiger partial charge in [-0.05, 0) is 50.5 Å². The molecular formula is C19H29N5O3. The van der Waals surface area contributed by atoms with Crippen molar-refractivity contribution in [3.05, 3.63) is 24.3 Å². The van der Waals surface area contributed by atoms with E-state index < -0.39 is 0 Å². The number of nitrogens with zero attached hydrogens (tertiary/aromatic N) is 1. The van der Waals surface area contributed by atoms with E-state index in [2.05, 4.69) is 21.3 Å². The highest BCUT2D eigenvalue weighted by atomic mass is 16.2. The Bertz CT molecular complexity index is 647. The molecule has 1 aromatic rings. The molecule has 1 fully saturated rings. The van der Waals surface area contributed by atoms with E-state index >= 15 is 0 Å². The summed E-state index contributed by atoms with van der Waals surface area (Å²) in [6, 6.07) is 6.46. The lowest BCUT2D eigenvalue weighted by atomic mass is 9.97. The fourth-order valence-electron chi connectivity index (χ4n) is 2.95. The zero-order valence-electron chi connectivity index (χ0n) is 16.0. The minimum atomic E-state index is -0.252. The number of carbonyl (C=O) groups is 3. The maximum Gasteiger partial charge on any atom is 0.321 e. The summed E-state index contributed by atoms with van der Waals surface area (Å²) in [7, 11) is 0. The summed E-state index contributed by atoms with van der Waals surface area (Å²) in [6.45, 7) is 6.15. The number of anilines is 2. The van der Waals surface area contributed by atoms with E-state index in [0.29, 0.717) is 37.6 Å². The molecule has 0 aromatic heterocycles. The summed E-state index contributed by atoms with van der Waals surface area (Å²) < 4.78 is 0. The van der Waals surface area contributed by atoms with Gasteiger partial charge in [-0.2, -0.15) is 0 Å².